The van der Waals surface area contributed by atoms with Crippen molar-refractivity contribution in [2.24, 2.45) is 0 Å². The molecule has 2 heterocycles. The molecule has 1 aromatic carbocycles. The SMILES string of the molecule is CCn1c(C2CNCCO2)nc2cc(Cl)ccc21. The summed E-state index contributed by atoms with van der Waals surface area (Å²) in [4.78, 5) is 4.68. The average Bonchev–Trinajstić information content (AvgIpc) is 2.77. The van der Waals surface area contributed by atoms with Gasteiger partial charge in [0.2, 0.25) is 0 Å². The van der Waals surface area contributed by atoms with Crippen molar-refractivity contribution in [3.05, 3.63) is 29.0 Å². The van der Waals surface area contributed by atoms with Gasteiger partial charge in [0.05, 0.1) is 17.6 Å². The second kappa shape index (κ2) is 4.88. The monoisotopic (exact) mass is 265 g/mol. The molecule has 4 nitrogen and oxygen atoms in total. The van der Waals surface area contributed by atoms with Crippen LogP contribution in [-0.2, 0) is 11.3 Å². The van der Waals surface area contributed by atoms with E-state index in [1.165, 1.54) is 0 Å². The van der Waals surface area contributed by atoms with Crippen LogP contribution in [0.1, 0.15) is 18.9 Å². The third-order valence-corrected chi connectivity index (χ3v) is 3.51. The third-order valence-electron chi connectivity index (χ3n) is 3.27. The maximum atomic E-state index is 6.02. The fourth-order valence-electron chi connectivity index (χ4n) is 2.43. The lowest BCUT2D eigenvalue weighted by Crippen LogP contribution is -2.34. The largest absolute Gasteiger partial charge is 0.368 e. The zero-order valence-corrected chi connectivity index (χ0v) is 11.1. The van der Waals surface area contributed by atoms with Gasteiger partial charge in [-0.3, -0.25) is 0 Å². The molecular formula is C13H16ClN3O. The van der Waals surface area contributed by atoms with E-state index in [4.69, 9.17) is 16.3 Å². The number of benzene rings is 1. The molecule has 18 heavy (non-hydrogen) atoms. The van der Waals surface area contributed by atoms with Crippen molar-refractivity contribution in [2.75, 3.05) is 19.7 Å². The normalized spacial score (nSPS) is 20.4. The smallest absolute Gasteiger partial charge is 0.140 e. The first kappa shape index (κ1) is 12.0. The molecule has 1 aromatic heterocycles. The Morgan fingerprint density at radius 2 is 2.44 bits per heavy atom. The molecule has 1 aliphatic heterocycles. The Kier molecular flexibility index (Phi) is 3.24. The van der Waals surface area contributed by atoms with Crippen LogP contribution in [0.2, 0.25) is 5.02 Å². The van der Waals surface area contributed by atoms with Crippen LogP contribution in [0.5, 0.6) is 0 Å². The molecule has 1 atom stereocenters. The topological polar surface area (TPSA) is 39.1 Å². The first-order valence-corrected chi connectivity index (χ1v) is 6.65. The summed E-state index contributed by atoms with van der Waals surface area (Å²) in [5.74, 6) is 0.988. The van der Waals surface area contributed by atoms with Crippen molar-refractivity contribution in [3.8, 4) is 0 Å². The average molecular weight is 266 g/mol. The molecule has 3 rings (SSSR count). The van der Waals surface area contributed by atoms with Gasteiger partial charge in [0, 0.05) is 24.7 Å². The van der Waals surface area contributed by atoms with Gasteiger partial charge < -0.3 is 14.6 Å². The molecule has 0 bridgehead atoms. The molecule has 0 amide bonds. The van der Waals surface area contributed by atoms with Crippen molar-refractivity contribution < 1.29 is 4.74 Å². The number of hydrogen-bond donors (Lipinski definition) is 1. The molecule has 1 aliphatic rings. The number of rotatable bonds is 2. The number of halogens is 1. The van der Waals surface area contributed by atoms with Crippen molar-refractivity contribution in [1.82, 2.24) is 14.9 Å². The van der Waals surface area contributed by atoms with Gasteiger partial charge in [-0.25, -0.2) is 4.98 Å². The maximum absolute atomic E-state index is 6.02. The first-order chi connectivity index (χ1) is 8.79. The van der Waals surface area contributed by atoms with Crippen LogP contribution < -0.4 is 5.32 Å². The zero-order chi connectivity index (χ0) is 12.5. The predicted octanol–water partition coefficient (Wildman–Crippen LogP) is 2.37. The minimum atomic E-state index is 0.0323. The zero-order valence-electron chi connectivity index (χ0n) is 10.3. The number of aromatic nitrogens is 2. The summed E-state index contributed by atoms with van der Waals surface area (Å²) in [7, 11) is 0. The Hall–Kier alpha value is -1.10. The first-order valence-electron chi connectivity index (χ1n) is 6.27. The molecule has 96 valence electrons. The van der Waals surface area contributed by atoms with Crippen LogP contribution in [0, 0.1) is 0 Å². The molecular weight excluding hydrogens is 250 g/mol. The van der Waals surface area contributed by atoms with Crippen molar-refractivity contribution in [3.63, 3.8) is 0 Å². The summed E-state index contributed by atoms with van der Waals surface area (Å²) in [6.45, 7) is 5.47. The highest BCUT2D eigenvalue weighted by Crippen LogP contribution is 2.25. The second-order valence-corrected chi connectivity index (χ2v) is 4.85. The highest BCUT2D eigenvalue weighted by Gasteiger charge is 2.22. The standard InChI is InChI=1S/C13H16ClN3O/c1-2-17-11-4-3-9(14)7-10(11)16-13(17)12-8-15-5-6-18-12/h3-4,7,12,15H,2,5-6,8H2,1H3. The van der Waals surface area contributed by atoms with Gasteiger partial charge in [-0.05, 0) is 25.1 Å². The second-order valence-electron chi connectivity index (χ2n) is 4.41. The third kappa shape index (κ3) is 2.00. The van der Waals surface area contributed by atoms with Crippen molar-refractivity contribution in [1.29, 1.82) is 0 Å². The number of imidazole rings is 1. The Balaban J connectivity index is 2.09. The lowest BCUT2D eigenvalue weighted by atomic mass is 10.3. The van der Waals surface area contributed by atoms with E-state index in [2.05, 4.69) is 21.8 Å². The Labute approximate surface area is 111 Å². The number of nitrogens with one attached hydrogen (secondary N) is 1. The maximum Gasteiger partial charge on any atom is 0.140 e. The van der Waals surface area contributed by atoms with Gasteiger partial charge in [-0.15, -0.1) is 0 Å². The molecule has 0 saturated carbocycles. The van der Waals surface area contributed by atoms with Gasteiger partial charge in [0.25, 0.3) is 0 Å². The van der Waals surface area contributed by atoms with E-state index in [0.717, 1.165) is 48.1 Å². The van der Waals surface area contributed by atoms with E-state index in [0.29, 0.717) is 0 Å². The van der Waals surface area contributed by atoms with Gasteiger partial charge in [0.1, 0.15) is 11.9 Å². The number of morpholine rings is 1. The lowest BCUT2D eigenvalue weighted by molar-refractivity contribution is 0.0204. The Morgan fingerprint density at radius 3 is 3.17 bits per heavy atom. The molecule has 2 aromatic rings. The fourth-order valence-corrected chi connectivity index (χ4v) is 2.60. The summed E-state index contributed by atoms with van der Waals surface area (Å²) >= 11 is 6.02. The van der Waals surface area contributed by atoms with Gasteiger partial charge >= 0.3 is 0 Å². The minimum absolute atomic E-state index is 0.0323. The van der Waals surface area contributed by atoms with Crippen LogP contribution in [0.15, 0.2) is 18.2 Å². The van der Waals surface area contributed by atoms with E-state index in [1.807, 2.05) is 18.2 Å². The quantitative estimate of drug-likeness (QED) is 0.906. The number of aryl methyl sites for hydroxylation is 1. The summed E-state index contributed by atoms with van der Waals surface area (Å²) in [5, 5.41) is 4.06. The fraction of sp³-hybridized carbons (Fsp3) is 0.462. The summed E-state index contributed by atoms with van der Waals surface area (Å²) in [6, 6.07) is 5.83. The highest BCUT2D eigenvalue weighted by atomic mass is 35.5. The number of nitrogens with zero attached hydrogens (tertiary/aromatic N) is 2. The van der Waals surface area contributed by atoms with Gasteiger partial charge in [-0.1, -0.05) is 11.6 Å². The van der Waals surface area contributed by atoms with Crippen LogP contribution in [-0.4, -0.2) is 29.2 Å². The van der Waals surface area contributed by atoms with Crippen LogP contribution in [0.25, 0.3) is 11.0 Å². The number of fused-ring (bicyclic) bond motifs is 1. The predicted molar refractivity (Wildman–Crippen MR) is 72.0 cm³/mol. The van der Waals surface area contributed by atoms with Gasteiger partial charge in [-0.2, -0.15) is 0 Å². The summed E-state index contributed by atoms with van der Waals surface area (Å²) in [5.41, 5.74) is 2.06. The van der Waals surface area contributed by atoms with Crippen molar-refractivity contribution >= 4 is 22.6 Å². The minimum Gasteiger partial charge on any atom is -0.368 e. The number of ether oxygens (including phenoxy) is 1. The molecule has 1 unspecified atom stereocenters. The van der Waals surface area contributed by atoms with Crippen molar-refractivity contribution in [2.45, 2.75) is 19.6 Å². The molecule has 0 spiro atoms. The van der Waals surface area contributed by atoms with E-state index in [-0.39, 0.29) is 6.10 Å². The van der Waals surface area contributed by atoms with Crippen LogP contribution in [0.4, 0.5) is 0 Å². The Morgan fingerprint density at radius 1 is 1.56 bits per heavy atom. The summed E-state index contributed by atoms with van der Waals surface area (Å²) in [6.07, 6.45) is 0.0323. The van der Waals surface area contributed by atoms with Crippen LogP contribution >= 0.6 is 11.6 Å². The molecule has 1 saturated heterocycles. The van der Waals surface area contributed by atoms with Gasteiger partial charge in [0.15, 0.2) is 0 Å². The van der Waals surface area contributed by atoms with Crippen LogP contribution in [0.3, 0.4) is 0 Å². The molecule has 1 fully saturated rings. The lowest BCUT2D eigenvalue weighted by Gasteiger charge is -2.23. The molecule has 0 radical (unpaired) electrons. The highest BCUT2D eigenvalue weighted by molar-refractivity contribution is 6.31. The van der Waals surface area contributed by atoms with E-state index in [9.17, 15) is 0 Å². The summed E-state index contributed by atoms with van der Waals surface area (Å²) < 4.78 is 7.99. The Bertz CT molecular complexity index is 561. The van der Waals surface area contributed by atoms with E-state index >= 15 is 0 Å². The molecule has 1 N–H and O–H groups in total. The van der Waals surface area contributed by atoms with E-state index in [1.54, 1.807) is 0 Å². The molecule has 5 heteroatoms. The number of hydrogen-bond acceptors (Lipinski definition) is 3. The van der Waals surface area contributed by atoms with E-state index < -0.39 is 0 Å². The molecule has 0 aliphatic carbocycles.